The Labute approximate surface area is 160 Å². The first kappa shape index (κ1) is 17.5. The standard InChI is InChI=1S/C20H16N4O4/c21-11-14-18(19-16(25)4-1-5-17(19)28-20(14)22)15-3-2-10-23(15)12-6-8-13(9-7-12)24(26)27/h2-3,6-10,18H,1,4-5,22H2/t18-/m1/s1. The highest BCUT2D eigenvalue weighted by atomic mass is 16.6. The molecule has 4 rings (SSSR count). The van der Waals surface area contributed by atoms with Gasteiger partial charge in [0.05, 0.1) is 10.8 Å². The van der Waals surface area contributed by atoms with Crippen molar-refractivity contribution in [2.75, 3.05) is 0 Å². The van der Waals surface area contributed by atoms with E-state index in [-0.39, 0.29) is 22.9 Å². The first-order valence-electron chi connectivity index (χ1n) is 8.77. The molecule has 0 amide bonds. The van der Waals surface area contributed by atoms with E-state index in [0.717, 1.165) is 0 Å². The van der Waals surface area contributed by atoms with Crippen LogP contribution in [0.4, 0.5) is 5.69 Å². The van der Waals surface area contributed by atoms with Gasteiger partial charge >= 0.3 is 0 Å². The fourth-order valence-corrected chi connectivity index (χ4v) is 3.75. The molecule has 0 spiro atoms. The first-order chi connectivity index (χ1) is 13.5. The molecule has 8 nitrogen and oxygen atoms in total. The van der Waals surface area contributed by atoms with E-state index < -0.39 is 10.8 Å². The minimum absolute atomic E-state index is 0.0115. The number of ether oxygens (including phenoxy) is 1. The van der Waals surface area contributed by atoms with Crippen LogP contribution in [0.1, 0.15) is 30.9 Å². The van der Waals surface area contributed by atoms with Crippen LogP contribution in [-0.4, -0.2) is 15.3 Å². The summed E-state index contributed by atoms with van der Waals surface area (Å²) in [6.07, 6.45) is 3.46. The summed E-state index contributed by atoms with van der Waals surface area (Å²) in [6, 6.07) is 11.8. The lowest BCUT2D eigenvalue weighted by atomic mass is 9.79. The Balaban J connectivity index is 1.86. The number of benzene rings is 1. The van der Waals surface area contributed by atoms with E-state index in [0.29, 0.717) is 42.0 Å². The van der Waals surface area contributed by atoms with Gasteiger partial charge in [-0.1, -0.05) is 0 Å². The summed E-state index contributed by atoms with van der Waals surface area (Å²) in [7, 11) is 0. The Hall–Kier alpha value is -3.86. The molecular formula is C20H16N4O4. The van der Waals surface area contributed by atoms with Crippen LogP contribution in [0.5, 0.6) is 0 Å². The predicted molar refractivity (Wildman–Crippen MR) is 99.0 cm³/mol. The molecule has 1 aliphatic carbocycles. The number of nitro groups is 1. The number of Topliss-reactive ketones (excluding diaryl/α,β-unsaturated/α-hetero) is 1. The van der Waals surface area contributed by atoms with E-state index in [1.54, 1.807) is 29.0 Å². The smallest absolute Gasteiger partial charge is 0.269 e. The Morgan fingerprint density at radius 2 is 2.00 bits per heavy atom. The van der Waals surface area contributed by atoms with Crippen molar-refractivity contribution in [3.63, 3.8) is 0 Å². The summed E-state index contributed by atoms with van der Waals surface area (Å²) in [5.41, 5.74) is 7.99. The summed E-state index contributed by atoms with van der Waals surface area (Å²) >= 11 is 0. The number of hydrogen-bond acceptors (Lipinski definition) is 6. The van der Waals surface area contributed by atoms with E-state index in [4.69, 9.17) is 10.5 Å². The summed E-state index contributed by atoms with van der Waals surface area (Å²) < 4.78 is 7.39. The number of ketones is 1. The zero-order valence-electron chi connectivity index (χ0n) is 14.8. The van der Waals surface area contributed by atoms with Crippen molar-refractivity contribution in [1.82, 2.24) is 4.57 Å². The zero-order chi connectivity index (χ0) is 19.8. The van der Waals surface area contributed by atoms with Gasteiger partial charge in [0.2, 0.25) is 5.88 Å². The molecule has 1 aromatic heterocycles. The number of rotatable bonds is 3. The van der Waals surface area contributed by atoms with Gasteiger partial charge < -0.3 is 15.0 Å². The number of hydrogen-bond donors (Lipinski definition) is 1. The molecule has 2 N–H and O–H groups in total. The minimum atomic E-state index is -0.633. The van der Waals surface area contributed by atoms with Gasteiger partial charge in [-0.2, -0.15) is 5.26 Å². The Bertz CT molecular complexity index is 1090. The van der Waals surface area contributed by atoms with Crippen LogP contribution in [0.15, 0.2) is 65.4 Å². The maximum Gasteiger partial charge on any atom is 0.269 e. The number of carbonyl (C=O) groups is 1. The second-order valence-electron chi connectivity index (χ2n) is 6.61. The number of nitrogens with zero attached hydrogens (tertiary/aromatic N) is 3. The van der Waals surface area contributed by atoms with Gasteiger partial charge in [0, 0.05) is 48.1 Å². The Kier molecular flexibility index (Phi) is 4.20. The third kappa shape index (κ3) is 2.74. The van der Waals surface area contributed by atoms with E-state index in [1.165, 1.54) is 12.1 Å². The molecule has 1 aliphatic heterocycles. The molecule has 0 unspecified atom stereocenters. The van der Waals surface area contributed by atoms with Crippen molar-refractivity contribution in [3.8, 4) is 11.8 Å². The van der Waals surface area contributed by atoms with Gasteiger partial charge in [0.25, 0.3) is 5.69 Å². The third-order valence-electron chi connectivity index (χ3n) is 5.02. The summed E-state index contributed by atoms with van der Waals surface area (Å²) in [6.45, 7) is 0. The van der Waals surface area contributed by atoms with Crippen LogP contribution >= 0.6 is 0 Å². The molecule has 1 aromatic carbocycles. The Morgan fingerprint density at radius 3 is 2.68 bits per heavy atom. The molecular weight excluding hydrogens is 360 g/mol. The summed E-state index contributed by atoms with van der Waals surface area (Å²) in [5.74, 6) is -0.152. The molecule has 0 bridgehead atoms. The molecule has 28 heavy (non-hydrogen) atoms. The number of nitro benzene ring substituents is 1. The van der Waals surface area contributed by atoms with Crippen LogP contribution < -0.4 is 5.73 Å². The Morgan fingerprint density at radius 1 is 1.25 bits per heavy atom. The third-order valence-corrected chi connectivity index (χ3v) is 5.02. The number of nitriles is 1. The molecule has 2 heterocycles. The topological polar surface area (TPSA) is 124 Å². The monoisotopic (exact) mass is 376 g/mol. The van der Waals surface area contributed by atoms with Crippen LogP contribution in [0, 0.1) is 21.4 Å². The molecule has 0 radical (unpaired) electrons. The highest BCUT2D eigenvalue weighted by Gasteiger charge is 2.39. The van der Waals surface area contributed by atoms with Crippen LogP contribution in [0.3, 0.4) is 0 Å². The predicted octanol–water partition coefficient (Wildman–Crippen LogP) is 3.20. The van der Waals surface area contributed by atoms with Gasteiger partial charge in [-0.25, -0.2) is 0 Å². The molecule has 0 saturated carbocycles. The number of non-ortho nitro benzene ring substituents is 1. The second kappa shape index (κ2) is 6.70. The minimum Gasteiger partial charge on any atom is -0.444 e. The SMILES string of the molecule is N#CC1=C(N)OC2=C(C(=O)CCC2)[C@H]1c1cccn1-c1ccc([N+](=O)[O-])cc1. The second-order valence-corrected chi connectivity index (χ2v) is 6.61. The highest BCUT2D eigenvalue weighted by Crippen LogP contribution is 2.43. The number of allylic oxidation sites excluding steroid dienone is 3. The molecule has 2 aliphatic rings. The van der Waals surface area contributed by atoms with Crippen molar-refractivity contribution in [2.45, 2.75) is 25.2 Å². The van der Waals surface area contributed by atoms with Gasteiger partial charge in [-0.3, -0.25) is 14.9 Å². The van der Waals surface area contributed by atoms with Gasteiger partial charge in [-0.15, -0.1) is 0 Å². The fourth-order valence-electron chi connectivity index (χ4n) is 3.75. The van der Waals surface area contributed by atoms with Crippen molar-refractivity contribution in [1.29, 1.82) is 5.26 Å². The van der Waals surface area contributed by atoms with E-state index >= 15 is 0 Å². The molecule has 1 atom stereocenters. The molecule has 0 saturated heterocycles. The lowest BCUT2D eigenvalue weighted by molar-refractivity contribution is -0.384. The van der Waals surface area contributed by atoms with Gasteiger partial charge in [0.15, 0.2) is 5.78 Å². The number of aromatic nitrogens is 1. The van der Waals surface area contributed by atoms with Crippen LogP contribution in [-0.2, 0) is 9.53 Å². The maximum absolute atomic E-state index is 12.7. The van der Waals surface area contributed by atoms with Crippen LogP contribution in [0.2, 0.25) is 0 Å². The quantitative estimate of drug-likeness (QED) is 0.648. The molecule has 2 aromatic rings. The average Bonchev–Trinajstić information content (AvgIpc) is 3.16. The van der Waals surface area contributed by atoms with Gasteiger partial charge in [-0.05, 0) is 30.7 Å². The van der Waals surface area contributed by atoms with E-state index in [2.05, 4.69) is 6.07 Å². The van der Waals surface area contributed by atoms with Crippen molar-refractivity contribution in [3.05, 3.63) is 81.2 Å². The largest absolute Gasteiger partial charge is 0.444 e. The first-order valence-corrected chi connectivity index (χ1v) is 8.77. The normalized spacial score (nSPS) is 19.1. The average molecular weight is 376 g/mol. The molecule has 0 fully saturated rings. The summed E-state index contributed by atoms with van der Waals surface area (Å²) in [5, 5.41) is 20.6. The van der Waals surface area contributed by atoms with E-state index in [9.17, 15) is 20.2 Å². The van der Waals surface area contributed by atoms with Crippen LogP contribution in [0.25, 0.3) is 5.69 Å². The lowest BCUT2D eigenvalue weighted by Gasteiger charge is -2.31. The van der Waals surface area contributed by atoms with E-state index in [1.807, 2.05) is 6.07 Å². The fraction of sp³-hybridized carbons (Fsp3) is 0.200. The number of nitrogens with two attached hydrogens (primary N) is 1. The lowest BCUT2D eigenvalue weighted by Crippen LogP contribution is -2.28. The zero-order valence-corrected chi connectivity index (χ0v) is 14.8. The molecule has 8 heteroatoms. The summed E-state index contributed by atoms with van der Waals surface area (Å²) in [4.78, 5) is 23.1. The highest BCUT2D eigenvalue weighted by molar-refractivity contribution is 5.99. The van der Waals surface area contributed by atoms with Crippen molar-refractivity contribution < 1.29 is 14.5 Å². The van der Waals surface area contributed by atoms with Crippen molar-refractivity contribution >= 4 is 11.5 Å². The van der Waals surface area contributed by atoms with Gasteiger partial charge in [0.1, 0.15) is 17.4 Å². The number of carbonyl (C=O) groups excluding carboxylic acids is 1. The molecule has 140 valence electrons. The maximum atomic E-state index is 12.7. The van der Waals surface area contributed by atoms with Crippen molar-refractivity contribution in [2.24, 2.45) is 5.73 Å².